The van der Waals surface area contributed by atoms with Gasteiger partial charge in [0.05, 0.1) is 33.3 Å². The number of fused-ring (bicyclic) bond motifs is 2. The van der Waals surface area contributed by atoms with E-state index in [-0.39, 0.29) is 47.6 Å². The first kappa shape index (κ1) is 49.7. The third kappa shape index (κ3) is 13.2. The molecule has 0 spiro atoms. The molecule has 0 aliphatic heterocycles. The molecule has 1 amide bonds. The second-order valence-electron chi connectivity index (χ2n) is 19.5. The predicted molar refractivity (Wildman–Crippen MR) is 256 cm³/mol. The molecular formula is C48H67N3O7S4. The number of carbonyl (C=O) groups is 2. The quantitative estimate of drug-likeness (QED) is 0.0589. The molecule has 62 heavy (non-hydrogen) atoms. The maximum atomic E-state index is 14.3. The van der Waals surface area contributed by atoms with E-state index in [9.17, 15) is 23.1 Å². The highest BCUT2D eigenvalue weighted by Crippen LogP contribution is 2.42. The zero-order valence-corrected chi connectivity index (χ0v) is 41.9. The second-order valence-corrected chi connectivity index (χ2v) is 24.7. The van der Waals surface area contributed by atoms with Crippen LogP contribution in [0, 0.1) is 17.3 Å². The van der Waals surface area contributed by atoms with Gasteiger partial charge in [-0.1, -0.05) is 89.7 Å². The minimum absolute atomic E-state index is 0.0198. The van der Waals surface area contributed by atoms with Crippen LogP contribution in [0.25, 0.3) is 16.3 Å². The van der Waals surface area contributed by atoms with Crippen molar-refractivity contribution in [1.29, 1.82) is 0 Å². The molecule has 14 heteroatoms. The summed E-state index contributed by atoms with van der Waals surface area (Å²) < 4.78 is 43.4. The van der Waals surface area contributed by atoms with Gasteiger partial charge in [-0.3, -0.25) is 4.90 Å². The average molecular weight is 926 g/mol. The predicted octanol–water partition coefficient (Wildman–Crippen LogP) is 11.3. The van der Waals surface area contributed by atoms with Gasteiger partial charge < -0.3 is 14.6 Å². The first-order valence-electron chi connectivity index (χ1n) is 21.6. The van der Waals surface area contributed by atoms with E-state index in [0.717, 1.165) is 68.2 Å². The summed E-state index contributed by atoms with van der Waals surface area (Å²) in [4.78, 5) is 35.8. The molecule has 340 valence electrons. The Balaban J connectivity index is 1.40. The van der Waals surface area contributed by atoms with Crippen LogP contribution in [0.3, 0.4) is 0 Å². The largest absolute Gasteiger partial charge is 0.462 e. The Bertz CT molecular complexity index is 2310. The molecule has 5 rings (SSSR count). The molecule has 4 aromatic rings. The van der Waals surface area contributed by atoms with E-state index in [0.29, 0.717) is 6.61 Å². The lowest BCUT2D eigenvalue weighted by Gasteiger charge is -2.40. The number of rotatable bonds is 18. The Kier molecular flexibility index (Phi) is 16.3. The first-order chi connectivity index (χ1) is 28.9. The Morgan fingerprint density at radius 1 is 1.00 bits per heavy atom. The molecule has 0 saturated carbocycles. The SMILES string of the molecule is CSc1nc2ccc(S(=O)(=O)N(CC[C@H](/C=C/c3ccc(CCc4sc5c(c4C(=O)OCC(C)C)CC(C)(C)CC5)cc3)N(C(=O)OC(C)(C)C)C(C)(C)O)CC(C)C)cc2s1. The number of benzene rings is 2. The van der Waals surface area contributed by atoms with E-state index in [1.54, 1.807) is 50.3 Å². The number of esters is 1. The summed E-state index contributed by atoms with van der Waals surface area (Å²) in [6, 6.07) is 12.5. The fourth-order valence-electron chi connectivity index (χ4n) is 7.64. The summed E-state index contributed by atoms with van der Waals surface area (Å²) in [7, 11) is -3.95. The highest BCUT2D eigenvalue weighted by atomic mass is 32.2. The van der Waals surface area contributed by atoms with Crippen LogP contribution in [0.4, 0.5) is 4.79 Å². The minimum Gasteiger partial charge on any atom is -0.462 e. The van der Waals surface area contributed by atoms with E-state index < -0.39 is 33.5 Å². The van der Waals surface area contributed by atoms with Crippen molar-refractivity contribution in [2.75, 3.05) is 26.0 Å². The normalized spacial score (nSPS) is 15.2. The molecule has 1 N–H and O–H groups in total. The Labute approximate surface area is 382 Å². The number of sulfonamides is 1. The number of nitrogens with zero attached hydrogens (tertiary/aromatic N) is 3. The van der Waals surface area contributed by atoms with Gasteiger partial charge in [-0.2, -0.15) is 4.31 Å². The fourth-order valence-corrected chi connectivity index (χ4v) is 12.2. The van der Waals surface area contributed by atoms with Gasteiger partial charge >= 0.3 is 12.1 Å². The van der Waals surface area contributed by atoms with Crippen LogP contribution >= 0.6 is 34.4 Å². The monoisotopic (exact) mass is 925 g/mol. The topological polar surface area (TPSA) is 126 Å². The van der Waals surface area contributed by atoms with E-state index >= 15 is 0 Å². The van der Waals surface area contributed by atoms with Gasteiger partial charge in [-0.05, 0) is 132 Å². The van der Waals surface area contributed by atoms with E-state index in [1.807, 2.05) is 58.2 Å². The van der Waals surface area contributed by atoms with Crippen molar-refractivity contribution in [3.8, 4) is 0 Å². The van der Waals surface area contributed by atoms with Crippen LogP contribution in [0.5, 0.6) is 0 Å². The number of aryl methyl sites for hydroxylation is 3. The van der Waals surface area contributed by atoms with E-state index in [4.69, 9.17) is 9.47 Å². The van der Waals surface area contributed by atoms with Crippen molar-refractivity contribution < 1.29 is 32.6 Å². The Hall–Kier alpha value is -3.27. The van der Waals surface area contributed by atoms with Gasteiger partial charge in [0, 0.05) is 22.8 Å². The van der Waals surface area contributed by atoms with Gasteiger partial charge in [0.2, 0.25) is 10.0 Å². The number of aromatic nitrogens is 1. The summed E-state index contributed by atoms with van der Waals surface area (Å²) in [5.41, 5.74) is 2.35. The number of thioether (sulfide) groups is 1. The summed E-state index contributed by atoms with van der Waals surface area (Å²) in [5.74, 6) is 0.0654. The average Bonchev–Trinajstić information content (AvgIpc) is 3.75. The van der Waals surface area contributed by atoms with Gasteiger partial charge in [0.15, 0.2) is 4.34 Å². The van der Waals surface area contributed by atoms with Crippen molar-refractivity contribution in [3.63, 3.8) is 0 Å². The van der Waals surface area contributed by atoms with Crippen LogP contribution in [0.1, 0.15) is 126 Å². The van der Waals surface area contributed by atoms with E-state index in [2.05, 4.69) is 31.0 Å². The first-order valence-corrected chi connectivity index (χ1v) is 25.9. The number of thiazole rings is 1. The molecule has 0 bridgehead atoms. The number of amides is 1. The Morgan fingerprint density at radius 2 is 1.69 bits per heavy atom. The summed E-state index contributed by atoms with van der Waals surface area (Å²) in [5, 5.41) is 11.5. The number of hydrogen-bond donors (Lipinski definition) is 1. The highest BCUT2D eigenvalue weighted by Gasteiger charge is 2.38. The number of aliphatic hydroxyl groups is 1. The fraction of sp³-hybridized carbons (Fsp3) is 0.562. The number of ether oxygens (including phenoxy) is 2. The van der Waals surface area contributed by atoms with Crippen molar-refractivity contribution in [3.05, 3.63) is 80.5 Å². The van der Waals surface area contributed by atoms with Crippen molar-refractivity contribution in [2.24, 2.45) is 17.3 Å². The molecule has 2 heterocycles. The lowest BCUT2D eigenvalue weighted by molar-refractivity contribution is -0.0943. The smallest absolute Gasteiger partial charge is 0.413 e. The summed E-state index contributed by atoms with van der Waals surface area (Å²) >= 11 is 4.74. The van der Waals surface area contributed by atoms with Crippen molar-refractivity contribution >= 4 is 72.8 Å². The van der Waals surface area contributed by atoms with Gasteiger partial charge in [-0.25, -0.2) is 23.0 Å². The number of thiophene rings is 1. The number of hydrogen-bond acceptors (Lipinski definition) is 11. The highest BCUT2D eigenvalue weighted by molar-refractivity contribution is 8.00. The zero-order chi connectivity index (χ0) is 45.8. The molecule has 2 aromatic heterocycles. The molecule has 2 aromatic carbocycles. The molecule has 0 fully saturated rings. The molecular weight excluding hydrogens is 859 g/mol. The van der Waals surface area contributed by atoms with Crippen molar-refractivity contribution in [2.45, 2.75) is 141 Å². The molecule has 1 aliphatic carbocycles. The third-order valence-corrected chi connectivity index (χ3v) is 15.9. The maximum absolute atomic E-state index is 14.3. The molecule has 1 aliphatic rings. The lowest BCUT2D eigenvalue weighted by Crippen LogP contribution is -2.55. The molecule has 1 atom stereocenters. The summed E-state index contributed by atoms with van der Waals surface area (Å²) in [6.07, 6.45) is 9.60. The maximum Gasteiger partial charge on any atom is 0.413 e. The van der Waals surface area contributed by atoms with Crippen molar-refractivity contribution in [1.82, 2.24) is 14.2 Å². The molecule has 10 nitrogen and oxygen atoms in total. The molecule has 0 unspecified atom stereocenters. The van der Waals surface area contributed by atoms with Crippen LogP contribution in [-0.2, 0) is 45.2 Å². The van der Waals surface area contributed by atoms with E-state index in [1.165, 1.54) is 56.6 Å². The third-order valence-electron chi connectivity index (χ3n) is 10.6. The zero-order valence-electron chi connectivity index (χ0n) is 38.7. The van der Waals surface area contributed by atoms with Crippen LogP contribution in [0.2, 0.25) is 0 Å². The summed E-state index contributed by atoms with van der Waals surface area (Å²) in [6.45, 7) is 21.7. The number of carbonyl (C=O) groups excluding carboxylic acids is 2. The standard InChI is InChI=1S/C48H67N3O7S4/c1-31(2)29-50(62(55,56)36-20-21-38-41(27-36)61-44(49-38)59-12)26-24-35(51(48(10,11)54)45(53)58-46(5,6)7)19-17-33-13-15-34(16-14-33)18-22-40-42(43(52)57-30-32(3)4)37-28-47(8,9)25-23-39(37)60-40/h13-17,19-21,27,31-32,35,54H,18,22-26,28-30H2,1-12H3/b19-17+/t35-/m0/s1. The lowest BCUT2D eigenvalue weighted by atomic mass is 9.76. The minimum atomic E-state index is -3.95. The van der Waals surface area contributed by atoms with Gasteiger partial charge in [0.1, 0.15) is 11.3 Å². The Morgan fingerprint density at radius 3 is 2.31 bits per heavy atom. The van der Waals surface area contributed by atoms with Crippen LogP contribution in [-0.4, -0.2) is 83.1 Å². The second kappa shape index (κ2) is 20.3. The molecule has 0 radical (unpaired) electrons. The van der Waals surface area contributed by atoms with Gasteiger partial charge in [0.25, 0.3) is 0 Å². The van der Waals surface area contributed by atoms with Gasteiger partial charge in [-0.15, -0.1) is 22.7 Å². The van der Waals surface area contributed by atoms with Crippen LogP contribution in [0.15, 0.2) is 57.8 Å². The van der Waals surface area contributed by atoms with Crippen LogP contribution < -0.4 is 0 Å². The molecule has 0 saturated heterocycles.